The molecule has 2 heterocycles. The molecule has 1 aliphatic carbocycles. The van der Waals surface area contributed by atoms with Gasteiger partial charge in [-0.3, -0.25) is 9.52 Å². The lowest BCUT2D eigenvalue weighted by molar-refractivity contribution is -0.123. The lowest BCUT2D eigenvalue weighted by Crippen LogP contribution is -2.40. The van der Waals surface area contributed by atoms with E-state index in [0.29, 0.717) is 30.3 Å². The molecule has 5 rings (SSSR count). The van der Waals surface area contributed by atoms with Gasteiger partial charge in [0, 0.05) is 25.2 Å². The number of likely N-dealkylation sites (tertiary alicyclic amines) is 1. The summed E-state index contributed by atoms with van der Waals surface area (Å²) in [5.74, 6) is -2.09. The number of hydrogen-bond donors (Lipinski definition) is 3. The second-order valence-corrected chi connectivity index (χ2v) is 11.0. The Morgan fingerprint density at radius 2 is 1.88 bits per heavy atom. The maximum absolute atomic E-state index is 14.2. The highest BCUT2D eigenvalue weighted by molar-refractivity contribution is 7.92. The molecule has 0 bridgehead atoms. The molecule has 0 atom stereocenters. The normalized spacial score (nSPS) is 20.0. The molecule has 7 nitrogen and oxygen atoms in total. The van der Waals surface area contributed by atoms with Crippen molar-refractivity contribution < 1.29 is 22.0 Å². The van der Waals surface area contributed by atoms with E-state index >= 15 is 0 Å². The zero-order valence-electron chi connectivity index (χ0n) is 19.0. The van der Waals surface area contributed by atoms with Gasteiger partial charge in [-0.25, -0.2) is 17.2 Å². The van der Waals surface area contributed by atoms with Gasteiger partial charge in [-0.15, -0.1) is 0 Å². The molecule has 0 unspecified atom stereocenters. The summed E-state index contributed by atoms with van der Waals surface area (Å²) in [6.07, 6.45) is 4.17. The quantitative estimate of drug-likeness (QED) is 0.569. The Bertz CT molecular complexity index is 1240. The minimum atomic E-state index is -4.31. The third-order valence-corrected chi connectivity index (χ3v) is 8.78. The molecule has 2 aromatic rings. The molecule has 34 heavy (non-hydrogen) atoms. The fourth-order valence-electron chi connectivity index (χ4n) is 5.23. The number of sulfonamides is 1. The number of carbonyl (C=O) groups excluding carboxylic acids is 1. The number of carbonyl (C=O) groups is 1. The molecule has 10 heteroatoms. The smallest absolute Gasteiger partial charge is 0.264 e. The molecule has 0 aromatic heterocycles. The van der Waals surface area contributed by atoms with Gasteiger partial charge in [-0.1, -0.05) is 13.3 Å². The van der Waals surface area contributed by atoms with Crippen molar-refractivity contribution in [3.05, 3.63) is 47.5 Å². The van der Waals surface area contributed by atoms with Crippen LogP contribution in [0.3, 0.4) is 0 Å². The predicted octanol–water partition coefficient (Wildman–Crippen LogP) is 4.04. The van der Waals surface area contributed by atoms with Crippen LogP contribution in [0.5, 0.6) is 0 Å². The van der Waals surface area contributed by atoms with E-state index in [-0.39, 0.29) is 17.6 Å². The number of benzene rings is 2. The summed E-state index contributed by atoms with van der Waals surface area (Å²) in [7, 11) is -4.31. The molecular weight excluding hydrogens is 462 g/mol. The maximum Gasteiger partial charge on any atom is 0.264 e. The molecule has 1 spiro atoms. The number of hydrogen-bond acceptors (Lipinski definition) is 5. The van der Waals surface area contributed by atoms with Crippen molar-refractivity contribution in [3.63, 3.8) is 0 Å². The number of nitrogens with zero attached hydrogens (tertiary/aromatic N) is 1. The van der Waals surface area contributed by atoms with Crippen LogP contribution in [-0.2, 0) is 20.2 Å². The van der Waals surface area contributed by atoms with E-state index in [1.807, 2.05) is 0 Å². The largest absolute Gasteiger partial charge is 0.380 e. The summed E-state index contributed by atoms with van der Waals surface area (Å²) < 4.78 is 55.8. The Kier molecular flexibility index (Phi) is 5.76. The first-order valence-corrected chi connectivity index (χ1v) is 13.2. The third kappa shape index (κ3) is 3.92. The van der Waals surface area contributed by atoms with Gasteiger partial charge in [0.15, 0.2) is 0 Å². The SMILES string of the molecule is CCN1CCC(Nc2cc(NS(=O)(=O)c3ccc(F)cc3F)cc3c2NC(=O)C32CCC2)CC1. The van der Waals surface area contributed by atoms with Crippen LogP contribution in [0.15, 0.2) is 35.2 Å². The van der Waals surface area contributed by atoms with Crippen LogP contribution in [-0.4, -0.2) is 44.9 Å². The third-order valence-electron chi connectivity index (χ3n) is 7.36. The number of fused-ring (bicyclic) bond motifs is 2. The average molecular weight is 491 g/mol. The Labute approximate surface area is 198 Å². The number of anilines is 3. The van der Waals surface area contributed by atoms with Crippen molar-refractivity contribution >= 4 is 33.0 Å². The van der Waals surface area contributed by atoms with Gasteiger partial charge < -0.3 is 15.5 Å². The molecule has 3 aliphatic rings. The van der Waals surface area contributed by atoms with Gasteiger partial charge in [0.05, 0.1) is 22.5 Å². The van der Waals surface area contributed by atoms with E-state index in [9.17, 15) is 22.0 Å². The van der Waals surface area contributed by atoms with E-state index in [1.54, 1.807) is 12.1 Å². The Balaban J connectivity index is 1.50. The van der Waals surface area contributed by atoms with Crippen molar-refractivity contribution in [1.82, 2.24) is 4.90 Å². The molecule has 0 radical (unpaired) electrons. The topological polar surface area (TPSA) is 90.5 Å². The van der Waals surface area contributed by atoms with E-state index in [2.05, 4.69) is 27.2 Å². The van der Waals surface area contributed by atoms with Crippen LogP contribution in [0.1, 0.15) is 44.6 Å². The lowest BCUT2D eigenvalue weighted by Gasteiger charge is -2.36. The molecule has 3 N–H and O–H groups in total. The first kappa shape index (κ1) is 23.0. The molecule has 1 saturated heterocycles. The zero-order valence-corrected chi connectivity index (χ0v) is 19.8. The fraction of sp³-hybridized carbons (Fsp3) is 0.458. The summed E-state index contributed by atoms with van der Waals surface area (Å²) >= 11 is 0. The van der Waals surface area contributed by atoms with Crippen molar-refractivity contribution in [2.45, 2.75) is 55.4 Å². The van der Waals surface area contributed by atoms with E-state index < -0.39 is 32.0 Å². The summed E-state index contributed by atoms with van der Waals surface area (Å²) in [5, 5.41) is 6.53. The van der Waals surface area contributed by atoms with Crippen molar-refractivity contribution in [2.75, 3.05) is 35.0 Å². The van der Waals surface area contributed by atoms with Crippen LogP contribution >= 0.6 is 0 Å². The molecule has 182 valence electrons. The number of piperidine rings is 1. The monoisotopic (exact) mass is 490 g/mol. The molecule has 2 aromatic carbocycles. The van der Waals surface area contributed by atoms with E-state index in [0.717, 1.165) is 56.6 Å². The van der Waals surface area contributed by atoms with Gasteiger partial charge >= 0.3 is 0 Å². The van der Waals surface area contributed by atoms with Crippen molar-refractivity contribution in [3.8, 4) is 0 Å². The molecule has 2 aliphatic heterocycles. The molecule has 1 amide bonds. The van der Waals surface area contributed by atoms with Gasteiger partial charge in [-0.2, -0.15) is 0 Å². The summed E-state index contributed by atoms with van der Waals surface area (Å²) in [6, 6.07) is 5.83. The van der Waals surface area contributed by atoms with E-state index in [4.69, 9.17) is 0 Å². The van der Waals surface area contributed by atoms with Crippen LogP contribution in [0, 0.1) is 11.6 Å². The highest BCUT2D eigenvalue weighted by Crippen LogP contribution is 2.54. The number of halogens is 2. The van der Waals surface area contributed by atoms with Gasteiger partial charge in [0.25, 0.3) is 10.0 Å². The van der Waals surface area contributed by atoms with E-state index in [1.165, 1.54) is 0 Å². The van der Waals surface area contributed by atoms with Crippen LogP contribution in [0.4, 0.5) is 25.8 Å². The fourth-order valence-corrected chi connectivity index (χ4v) is 6.33. The highest BCUT2D eigenvalue weighted by Gasteiger charge is 2.52. The Morgan fingerprint density at radius 1 is 1.15 bits per heavy atom. The average Bonchev–Trinajstić information content (AvgIpc) is 3.06. The van der Waals surface area contributed by atoms with Gasteiger partial charge in [0.2, 0.25) is 5.91 Å². The summed E-state index contributed by atoms with van der Waals surface area (Å²) in [5.41, 5.74) is 1.69. The second kappa shape index (κ2) is 8.49. The maximum atomic E-state index is 14.2. The molecular formula is C24H28F2N4O3S. The van der Waals surface area contributed by atoms with Crippen molar-refractivity contribution in [2.24, 2.45) is 0 Å². The van der Waals surface area contributed by atoms with Crippen LogP contribution < -0.4 is 15.4 Å². The first-order valence-electron chi connectivity index (χ1n) is 11.7. The number of rotatable bonds is 6. The first-order chi connectivity index (χ1) is 16.2. The number of amides is 1. The zero-order chi connectivity index (χ0) is 24.1. The standard InChI is InChI=1S/C24H28F2N4O3S/c1-2-30-10-6-16(7-11-30)27-20-14-17(13-18-22(20)28-23(31)24(18)8-3-9-24)29-34(32,33)21-5-4-15(25)12-19(21)26/h4-5,12-14,16,27,29H,2-3,6-11H2,1H3,(H,28,31). The molecule has 1 saturated carbocycles. The minimum Gasteiger partial charge on any atom is -0.380 e. The van der Waals surface area contributed by atoms with Gasteiger partial charge in [-0.05, 0) is 62.1 Å². The number of nitrogens with one attached hydrogen (secondary N) is 3. The Morgan fingerprint density at radius 3 is 2.50 bits per heavy atom. The van der Waals surface area contributed by atoms with Gasteiger partial charge in [0.1, 0.15) is 16.5 Å². The Hall–Kier alpha value is -2.72. The summed E-state index contributed by atoms with van der Waals surface area (Å²) in [4.78, 5) is 14.6. The predicted molar refractivity (Wildman–Crippen MR) is 127 cm³/mol. The van der Waals surface area contributed by atoms with Crippen LogP contribution in [0.25, 0.3) is 0 Å². The summed E-state index contributed by atoms with van der Waals surface area (Å²) in [6.45, 7) is 5.05. The lowest BCUT2D eigenvalue weighted by atomic mass is 9.65. The minimum absolute atomic E-state index is 0.0674. The van der Waals surface area contributed by atoms with Crippen LogP contribution in [0.2, 0.25) is 0 Å². The highest BCUT2D eigenvalue weighted by atomic mass is 32.2. The van der Waals surface area contributed by atoms with Crippen molar-refractivity contribution in [1.29, 1.82) is 0 Å². The second-order valence-electron chi connectivity index (χ2n) is 9.37. The molecule has 2 fully saturated rings.